The number of β-amino-alcohol motifs (C(OH)–C–C–N with tert-alkyl or cyclic N) is 1. The van der Waals surface area contributed by atoms with Crippen molar-refractivity contribution in [2.75, 3.05) is 51.3 Å². The smallest absolute Gasteiger partial charge is 0.256 e. The van der Waals surface area contributed by atoms with E-state index in [2.05, 4.69) is 15.2 Å². The average molecular weight is 466 g/mol. The van der Waals surface area contributed by atoms with Gasteiger partial charge in [-0.2, -0.15) is 0 Å². The molecule has 0 spiro atoms. The van der Waals surface area contributed by atoms with Crippen molar-refractivity contribution in [3.05, 3.63) is 46.0 Å². The maximum atomic E-state index is 14.0. The molecule has 3 aliphatic heterocycles. The van der Waals surface area contributed by atoms with Crippen molar-refractivity contribution in [1.29, 1.82) is 0 Å². The Morgan fingerprint density at radius 3 is 2.76 bits per heavy atom. The van der Waals surface area contributed by atoms with Gasteiger partial charge in [0.05, 0.1) is 30.5 Å². The number of carbonyl (C=O) groups excluding carboxylic acids is 2. The Kier molecular flexibility index (Phi) is 6.05. The molecule has 10 heteroatoms. The topological polar surface area (TPSA) is 97.9 Å². The number of hydrogen-bond acceptors (Lipinski definition) is 5. The number of aliphatic hydroxyl groups is 1. The Morgan fingerprint density at radius 2 is 2.00 bits per heavy atom. The van der Waals surface area contributed by atoms with Gasteiger partial charge in [-0.05, 0) is 30.7 Å². The largest absolute Gasteiger partial charge is 0.390 e. The Labute approximate surface area is 198 Å². The molecule has 1 aromatic carbocycles. The Balaban J connectivity index is 1.37. The number of anilines is 1. The van der Waals surface area contributed by atoms with Gasteiger partial charge in [-0.1, -0.05) is 5.46 Å². The maximum absolute atomic E-state index is 14.0. The van der Waals surface area contributed by atoms with Crippen LogP contribution in [0.15, 0.2) is 12.1 Å². The number of halogens is 1. The molecule has 0 aliphatic carbocycles. The van der Waals surface area contributed by atoms with Gasteiger partial charge < -0.3 is 25.0 Å². The van der Waals surface area contributed by atoms with Crippen molar-refractivity contribution in [2.24, 2.45) is 0 Å². The summed E-state index contributed by atoms with van der Waals surface area (Å²) >= 11 is 0. The minimum Gasteiger partial charge on any atom is -0.390 e. The van der Waals surface area contributed by atoms with Crippen LogP contribution in [0.4, 0.5) is 10.1 Å². The second kappa shape index (κ2) is 9.01. The first-order chi connectivity index (χ1) is 16.3. The van der Waals surface area contributed by atoms with Crippen molar-refractivity contribution in [1.82, 2.24) is 14.8 Å². The van der Waals surface area contributed by atoms with Crippen molar-refractivity contribution < 1.29 is 23.8 Å². The molecule has 3 aliphatic rings. The minimum atomic E-state index is -0.638. The van der Waals surface area contributed by atoms with Gasteiger partial charge in [0.1, 0.15) is 13.7 Å². The molecule has 178 valence electrons. The average Bonchev–Trinajstić information content (AvgIpc) is 3.28. The van der Waals surface area contributed by atoms with Crippen molar-refractivity contribution in [2.45, 2.75) is 19.4 Å². The molecule has 34 heavy (non-hydrogen) atoms. The number of H-pyrrole nitrogens is 1. The van der Waals surface area contributed by atoms with Crippen molar-refractivity contribution >= 4 is 42.5 Å². The van der Waals surface area contributed by atoms with Crippen LogP contribution in [0.1, 0.15) is 32.9 Å². The lowest BCUT2D eigenvalue weighted by molar-refractivity contribution is -0.110. The fourth-order valence-electron chi connectivity index (χ4n) is 5.09. The van der Waals surface area contributed by atoms with E-state index in [4.69, 9.17) is 4.74 Å². The number of nitrogens with zero attached hydrogens (tertiary/aromatic N) is 2. The van der Waals surface area contributed by atoms with Gasteiger partial charge >= 0.3 is 0 Å². The second-order valence-electron chi connectivity index (χ2n) is 9.24. The summed E-state index contributed by atoms with van der Waals surface area (Å²) in [5.74, 6) is -0.823. The molecular weight excluding hydrogens is 438 g/mol. The third kappa shape index (κ3) is 4.17. The van der Waals surface area contributed by atoms with E-state index in [9.17, 15) is 19.1 Å². The third-order valence-electron chi connectivity index (χ3n) is 6.87. The lowest BCUT2D eigenvalue weighted by Gasteiger charge is -2.32. The summed E-state index contributed by atoms with van der Waals surface area (Å²) in [7, 11) is 1.75. The number of ether oxygens (including phenoxy) is 1. The lowest BCUT2D eigenvalue weighted by Crippen LogP contribution is -2.47. The molecule has 5 rings (SSSR count). The number of fused-ring (bicyclic) bond motifs is 2. The van der Waals surface area contributed by atoms with E-state index in [1.54, 1.807) is 18.8 Å². The van der Waals surface area contributed by atoms with Gasteiger partial charge in [0.25, 0.3) is 11.8 Å². The molecule has 0 radical (unpaired) electrons. The van der Waals surface area contributed by atoms with Crippen LogP contribution in [-0.2, 0) is 16.0 Å². The number of nitrogens with one attached hydrogen (secondary N) is 2. The van der Waals surface area contributed by atoms with Crippen LogP contribution in [0, 0.1) is 12.7 Å². The number of hydrogen-bond donors (Lipinski definition) is 3. The number of aromatic nitrogens is 1. The standard InChI is InChI=1S/C24H28BFN4O4/c1-13-20(10-17-16-8-14(26)9-18(25)22(16)28-23(17)32)27-19-2-3-30(24(33)21(13)19)12-15(31)11-29-4-6-34-7-5-29/h8-10,15,27,31H,2-7,11-12,25H2,1H3,(H,28,32)/b17-10-/t15-/m1/s1. The summed E-state index contributed by atoms with van der Waals surface area (Å²) in [5, 5.41) is 13.4. The normalized spacial score (nSPS) is 20.4. The monoisotopic (exact) mass is 466 g/mol. The van der Waals surface area contributed by atoms with Crippen LogP contribution in [0.5, 0.6) is 0 Å². The highest BCUT2D eigenvalue weighted by Crippen LogP contribution is 2.34. The zero-order valence-corrected chi connectivity index (χ0v) is 19.4. The van der Waals surface area contributed by atoms with Gasteiger partial charge in [-0.25, -0.2) is 4.39 Å². The zero-order chi connectivity index (χ0) is 24.0. The number of rotatable bonds is 5. The number of aromatic amines is 1. The van der Waals surface area contributed by atoms with Gasteiger partial charge in [0.2, 0.25) is 0 Å². The molecule has 0 saturated carbocycles. The summed E-state index contributed by atoms with van der Waals surface area (Å²) in [6.07, 6.45) is 1.69. The van der Waals surface area contributed by atoms with E-state index in [-0.39, 0.29) is 18.4 Å². The molecule has 0 bridgehead atoms. The molecule has 0 unspecified atom stereocenters. The number of aliphatic hydroxyl groups excluding tert-OH is 1. The molecule has 8 nitrogen and oxygen atoms in total. The zero-order valence-electron chi connectivity index (χ0n) is 19.4. The van der Waals surface area contributed by atoms with Crippen LogP contribution in [0.25, 0.3) is 11.6 Å². The summed E-state index contributed by atoms with van der Waals surface area (Å²) < 4.78 is 19.4. The first-order valence-corrected chi connectivity index (χ1v) is 11.6. The molecule has 1 saturated heterocycles. The minimum absolute atomic E-state index is 0.126. The summed E-state index contributed by atoms with van der Waals surface area (Å²) in [5.41, 5.74) is 4.98. The SMILES string of the molecule is Bc1cc(F)cc2c1NC(=O)/C2=C\c1[nH]c2c(c1C)C(=O)N(C[C@H](O)CN1CCOCC1)CC2. The fraction of sp³-hybridized carbons (Fsp3) is 0.417. The predicted molar refractivity (Wildman–Crippen MR) is 129 cm³/mol. The maximum Gasteiger partial charge on any atom is 0.256 e. The first-order valence-electron chi connectivity index (χ1n) is 11.6. The fourth-order valence-corrected chi connectivity index (χ4v) is 5.09. The lowest BCUT2D eigenvalue weighted by atomic mass is 9.90. The van der Waals surface area contributed by atoms with E-state index in [1.165, 1.54) is 12.1 Å². The van der Waals surface area contributed by atoms with E-state index in [0.717, 1.165) is 24.3 Å². The van der Waals surface area contributed by atoms with Crippen molar-refractivity contribution in [3.8, 4) is 0 Å². The predicted octanol–water partition coefficient (Wildman–Crippen LogP) is -0.0953. The van der Waals surface area contributed by atoms with E-state index >= 15 is 0 Å². The van der Waals surface area contributed by atoms with Crippen LogP contribution >= 0.6 is 0 Å². The highest BCUT2D eigenvalue weighted by Gasteiger charge is 2.32. The van der Waals surface area contributed by atoms with E-state index < -0.39 is 11.9 Å². The Bertz CT molecular complexity index is 1190. The third-order valence-corrected chi connectivity index (χ3v) is 6.87. The van der Waals surface area contributed by atoms with Crippen LogP contribution in [0.3, 0.4) is 0 Å². The first kappa shape index (κ1) is 22.8. The molecule has 1 atom stereocenters. The van der Waals surface area contributed by atoms with Crippen LogP contribution in [-0.4, -0.2) is 91.6 Å². The summed E-state index contributed by atoms with van der Waals surface area (Å²) in [6.45, 7) is 6.02. The molecule has 2 aromatic rings. The number of benzene rings is 1. The number of amides is 2. The highest BCUT2D eigenvalue weighted by atomic mass is 19.1. The van der Waals surface area contributed by atoms with Gasteiger partial charge in [-0.3, -0.25) is 14.5 Å². The van der Waals surface area contributed by atoms with E-state index in [1.807, 2.05) is 6.92 Å². The van der Waals surface area contributed by atoms with Gasteiger partial charge in [0, 0.05) is 61.8 Å². The molecule has 3 N–H and O–H groups in total. The van der Waals surface area contributed by atoms with Crippen LogP contribution in [0.2, 0.25) is 0 Å². The molecule has 1 fully saturated rings. The summed E-state index contributed by atoms with van der Waals surface area (Å²) in [4.78, 5) is 33.0. The second-order valence-corrected chi connectivity index (χ2v) is 9.24. The highest BCUT2D eigenvalue weighted by molar-refractivity contribution is 6.43. The Morgan fingerprint density at radius 1 is 1.24 bits per heavy atom. The van der Waals surface area contributed by atoms with Crippen molar-refractivity contribution in [3.63, 3.8) is 0 Å². The van der Waals surface area contributed by atoms with Gasteiger partial charge in [-0.15, -0.1) is 0 Å². The molecular formula is C24H28BFN4O4. The summed E-state index contributed by atoms with van der Waals surface area (Å²) in [6, 6.07) is 2.74. The molecule has 2 amide bonds. The quantitative estimate of drug-likeness (QED) is 0.423. The van der Waals surface area contributed by atoms with E-state index in [0.29, 0.717) is 66.3 Å². The molecule has 4 heterocycles. The number of carbonyl (C=O) groups is 2. The molecule has 1 aromatic heterocycles. The Hall–Kier alpha value is -2.95. The van der Waals surface area contributed by atoms with Gasteiger partial charge in [0.15, 0.2) is 0 Å². The number of morpholine rings is 1. The van der Waals surface area contributed by atoms with Crippen LogP contribution < -0.4 is 10.8 Å².